The second kappa shape index (κ2) is 4.66. The fourth-order valence-corrected chi connectivity index (χ4v) is 4.21. The number of rotatable bonds is 0. The quantitative estimate of drug-likeness (QED) is 0.316. The van der Waals surface area contributed by atoms with Gasteiger partial charge < -0.3 is 8.98 Å². The Balaban J connectivity index is 2.15. The molecule has 124 valence electrons. The van der Waals surface area contributed by atoms with Crippen molar-refractivity contribution >= 4 is 43.7 Å². The Labute approximate surface area is 146 Å². The minimum atomic E-state index is -0.0201. The van der Waals surface area contributed by atoms with Gasteiger partial charge in [0, 0.05) is 39.7 Å². The van der Waals surface area contributed by atoms with Crippen molar-refractivity contribution in [2.45, 2.75) is 26.2 Å². The molecule has 2 heterocycles. The fourth-order valence-electron chi connectivity index (χ4n) is 4.21. The number of fused-ring (bicyclic) bond motifs is 6. The molecule has 3 aromatic carbocycles. The second-order valence-corrected chi connectivity index (χ2v) is 7.95. The van der Waals surface area contributed by atoms with E-state index in [1.807, 2.05) is 6.07 Å². The van der Waals surface area contributed by atoms with Gasteiger partial charge in [-0.1, -0.05) is 57.2 Å². The van der Waals surface area contributed by atoms with Crippen LogP contribution >= 0.6 is 0 Å². The molecule has 2 nitrogen and oxygen atoms in total. The predicted octanol–water partition coefficient (Wildman–Crippen LogP) is 6.53. The van der Waals surface area contributed by atoms with Gasteiger partial charge in [-0.25, -0.2) is 0 Å². The van der Waals surface area contributed by atoms with Gasteiger partial charge in [0.15, 0.2) is 0 Å². The van der Waals surface area contributed by atoms with Crippen molar-refractivity contribution in [2.24, 2.45) is 7.05 Å². The molecule has 0 unspecified atom stereocenters. The number of aromatic nitrogens is 1. The molecule has 0 aliphatic rings. The number of benzene rings is 3. The first-order chi connectivity index (χ1) is 12.0. The average molecular weight is 327 g/mol. The van der Waals surface area contributed by atoms with Crippen LogP contribution in [0.4, 0.5) is 0 Å². The summed E-state index contributed by atoms with van der Waals surface area (Å²) in [5, 5.41) is 5.02. The average Bonchev–Trinajstić information content (AvgIpc) is 3.09. The van der Waals surface area contributed by atoms with E-state index in [1.54, 1.807) is 0 Å². The van der Waals surface area contributed by atoms with Crippen molar-refractivity contribution in [3.8, 4) is 0 Å². The normalized spacial score (nSPS) is 12.8. The lowest BCUT2D eigenvalue weighted by atomic mass is 9.84. The van der Waals surface area contributed by atoms with Crippen molar-refractivity contribution in [1.29, 1.82) is 0 Å². The summed E-state index contributed by atoms with van der Waals surface area (Å²) in [5.41, 5.74) is 5.79. The van der Waals surface area contributed by atoms with E-state index in [1.165, 1.54) is 38.1 Å². The summed E-state index contributed by atoms with van der Waals surface area (Å²) in [6.45, 7) is 6.81. The van der Waals surface area contributed by atoms with Crippen LogP contribution in [0.5, 0.6) is 0 Å². The Hall–Kier alpha value is -2.74. The molecule has 0 atom stereocenters. The molecular formula is C23H21NO. The molecule has 2 aromatic heterocycles. The lowest BCUT2D eigenvalue weighted by molar-refractivity contribution is 0.575. The van der Waals surface area contributed by atoms with E-state index in [0.717, 1.165) is 11.2 Å². The number of nitrogens with zero attached hydrogens (tertiary/aromatic N) is 1. The molecule has 0 radical (unpaired) electrons. The standard InChI is InChI=1S/C23H21NO/c1-23(2,3)20-21-16(14-9-5-7-11-18(14)24(21)4)13-17-15-10-6-8-12-19(15)25-22(17)20/h5-13H,1-4H3. The molecule has 5 aromatic rings. The molecule has 0 aliphatic heterocycles. The Morgan fingerprint density at radius 2 is 1.48 bits per heavy atom. The highest BCUT2D eigenvalue weighted by Gasteiger charge is 2.27. The Morgan fingerprint density at radius 3 is 2.24 bits per heavy atom. The maximum Gasteiger partial charge on any atom is 0.141 e. The third kappa shape index (κ3) is 1.85. The third-order valence-electron chi connectivity index (χ3n) is 5.28. The molecule has 0 spiro atoms. The zero-order chi connectivity index (χ0) is 17.3. The van der Waals surface area contributed by atoms with Gasteiger partial charge in [-0.15, -0.1) is 0 Å². The topological polar surface area (TPSA) is 18.1 Å². The van der Waals surface area contributed by atoms with Crippen LogP contribution in [-0.4, -0.2) is 4.57 Å². The molecule has 0 aliphatic carbocycles. The molecule has 0 fully saturated rings. The first-order valence-electron chi connectivity index (χ1n) is 8.78. The largest absolute Gasteiger partial charge is 0.456 e. The molecule has 25 heavy (non-hydrogen) atoms. The van der Waals surface area contributed by atoms with Crippen molar-refractivity contribution in [3.05, 3.63) is 60.2 Å². The molecule has 0 amide bonds. The van der Waals surface area contributed by atoms with Gasteiger partial charge >= 0.3 is 0 Å². The fraction of sp³-hybridized carbons (Fsp3) is 0.217. The van der Waals surface area contributed by atoms with Crippen LogP contribution in [-0.2, 0) is 12.5 Å². The van der Waals surface area contributed by atoms with Crippen molar-refractivity contribution < 1.29 is 4.42 Å². The number of furan rings is 1. The lowest BCUT2D eigenvalue weighted by Crippen LogP contribution is -2.13. The van der Waals surface area contributed by atoms with Gasteiger partial charge in [0.05, 0.1) is 5.52 Å². The van der Waals surface area contributed by atoms with Gasteiger partial charge in [-0.3, -0.25) is 0 Å². The van der Waals surface area contributed by atoms with E-state index >= 15 is 0 Å². The third-order valence-corrected chi connectivity index (χ3v) is 5.28. The van der Waals surface area contributed by atoms with Crippen molar-refractivity contribution in [1.82, 2.24) is 4.57 Å². The summed E-state index contributed by atoms with van der Waals surface area (Å²) in [4.78, 5) is 0. The zero-order valence-corrected chi connectivity index (χ0v) is 15.1. The Morgan fingerprint density at radius 1 is 0.800 bits per heavy atom. The van der Waals surface area contributed by atoms with Crippen LogP contribution in [0, 0.1) is 0 Å². The zero-order valence-electron chi connectivity index (χ0n) is 15.1. The summed E-state index contributed by atoms with van der Waals surface area (Å²) in [7, 11) is 2.16. The highest BCUT2D eigenvalue weighted by Crippen LogP contribution is 2.43. The SMILES string of the molecule is Cn1c2ccccc2c2cc3c(oc4ccccc43)c(C(C)(C)C)c21. The molecule has 2 heteroatoms. The molecule has 0 saturated heterocycles. The van der Waals surface area contributed by atoms with Gasteiger partial charge in [0.1, 0.15) is 11.2 Å². The lowest BCUT2D eigenvalue weighted by Gasteiger charge is -2.21. The van der Waals surface area contributed by atoms with E-state index in [0.29, 0.717) is 0 Å². The van der Waals surface area contributed by atoms with Crippen LogP contribution < -0.4 is 0 Å². The molecule has 5 rings (SSSR count). The molecule has 0 saturated carbocycles. The van der Waals surface area contributed by atoms with E-state index in [4.69, 9.17) is 4.42 Å². The summed E-state index contributed by atoms with van der Waals surface area (Å²) in [6.07, 6.45) is 0. The number of hydrogen-bond donors (Lipinski definition) is 0. The van der Waals surface area contributed by atoms with E-state index in [-0.39, 0.29) is 5.41 Å². The van der Waals surface area contributed by atoms with Crippen LogP contribution in [0.15, 0.2) is 59.0 Å². The number of aryl methyl sites for hydroxylation is 1. The van der Waals surface area contributed by atoms with Crippen molar-refractivity contribution in [2.75, 3.05) is 0 Å². The van der Waals surface area contributed by atoms with E-state index in [2.05, 4.69) is 80.9 Å². The Kier molecular flexibility index (Phi) is 2.72. The van der Waals surface area contributed by atoms with Crippen molar-refractivity contribution in [3.63, 3.8) is 0 Å². The Bertz CT molecular complexity index is 1280. The van der Waals surface area contributed by atoms with Gasteiger partial charge in [0.25, 0.3) is 0 Å². The maximum absolute atomic E-state index is 6.36. The van der Waals surface area contributed by atoms with Gasteiger partial charge in [-0.2, -0.15) is 0 Å². The second-order valence-electron chi connectivity index (χ2n) is 7.95. The summed E-state index contributed by atoms with van der Waals surface area (Å²) in [6, 6.07) is 19.3. The van der Waals surface area contributed by atoms with Gasteiger partial charge in [-0.05, 0) is 23.6 Å². The highest BCUT2D eigenvalue weighted by atomic mass is 16.3. The summed E-state index contributed by atoms with van der Waals surface area (Å²) >= 11 is 0. The van der Waals surface area contributed by atoms with E-state index in [9.17, 15) is 0 Å². The number of para-hydroxylation sites is 2. The highest BCUT2D eigenvalue weighted by molar-refractivity contribution is 6.18. The monoisotopic (exact) mass is 327 g/mol. The van der Waals surface area contributed by atoms with Crippen LogP contribution in [0.2, 0.25) is 0 Å². The number of hydrogen-bond acceptors (Lipinski definition) is 1. The maximum atomic E-state index is 6.36. The molecule has 0 bridgehead atoms. The minimum absolute atomic E-state index is 0.0201. The first-order valence-corrected chi connectivity index (χ1v) is 8.78. The smallest absolute Gasteiger partial charge is 0.141 e. The van der Waals surface area contributed by atoms with Crippen LogP contribution in [0.1, 0.15) is 26.3 Å². The summed E-state index contributed by atoms with van der Waals surface area (Å²) < 4.78 is 8.67. The minimum Gasteiger partial charge on any atom is -0.456 e. The molecule has 0 N–H and O–H groups in total. The van der Waals surface area contributed by atoms with Gasteiger partial charge in [0.2, 0.25) is 0 Å². The van der Waals surface area contributed by atoms with Crippen LogP contribution in [0.3, 0.4) is 0 Å². The van der Waals surface area contributed by atoms with Crippen LogP contribution in [0.25, 0.3) is 43.7 Å². The molecular weight excluding hydrogens is 306 g/mol. The first kappa shape index (κ1) is 14.6. The summed E-state index contributed by atoms with van der Waals surface area (Å²) in [5.74, 6) is 0. The van der Waals surface area contributed by atoms with E-state index < -0.39 is 0 Å². The predicted molar refractivity (Wildman–Crippen MR) is 106 cm³/mol.